The van der Waals surface area contributed by atoms with Gasteiger partial charge in [-0.15, -0.1) is 0 Å². The van der Waals surface area contributed by atoms with Gasteiger partial charge in [-0.25, -0.2) is 4.98 Å². The minimum absolute atomic E-state index is 0.799. The summed E-state index contributed by atoms with van der Waals surface area (Å²) >= 11 is 0. The molecule has 92 valence electrons. The van der Waals surface area contributed by atoms with Gasteiger partial charge in [0, 0.05) is 11.8 Å². The zero-order valence-electron chi connectivity index (χ0n) is 10.8. The summed E-state index contributed by atoms with van der Waals surface area (Å²) in [4.78, 5) is 10.3. The molecule has 1 aromatic carbocycles. The topological polar surface area (TPSA) is 43.4 Å². The van der Waals surface area contributed by atoms with Crippen LogP contribution < -0.4 is 4.90 Å². The number of hydrogen-bond donors (Lipinski definition) is 1. The average molecular weight is 242 g/mol. The van der Waals surface area contributed by atoms with E-state index in [1.807, 2.05) is 24.3 Å². The van der Waals surface area contributed by atoms with Crippen molar-refractivity contribution in [2.45, 2.75) is 13.3 Å². The highest BCUT2D eigenvalue weighted by atomic mass is 16.3. The van der Waals surface area contributed by atoms with Crippen LogP contribution in [0.1, 0.15) is 12.7 Å². The first kappa shape index (κ1) is 11.2. The predicted octanol–water partition coefficient (Wildman–Crippen LogP) is 1.71. The lowest BCUT2D eigenvalue weighted by atomic mass is 10.2. The third-order valence-corrected chi connectivity index (χ3v) is 3.06. The lowest BCUT2D eigenvalue weighted by Gasteiger charge is -2.06. The molecule has 0 unspecified atom stereocenters. The standard InChI is InChI=1S/C14H15N3O/c1-4-11-15-12-9-7-5-6-8-10(9)18-13(12)14(16-11)17(2)3/h5-8H,4H2,1-3H3/p+1. The predicted molar refractivity (Wildman–Crippen MR) is 71.2 cm³/mol. The van der Waals surface area contributed by atoms with Gasteiger partial charge in [-0.2, -0.15) is 4.98 Å². The quantitative estimate of drug-likeness (QED) is 0.744. The van der Waals surface area contributed by atoms with Crippen LogP contribution in [0.5, 0.6) is 0 Å². The van der Waals surface area contributed by atoms with Crippen molar-refractivity contribution in [3.05, 3.63) is 30.1 Å². The van der Waals surface area contributed by atoms with Crippen molar-refractivity contribution in [2.24, 2.45) is 0 Å². The number of rotatable bonds is 2. The fourth-order valence-corrected chi connectivity index (χ4v) is 2.13. The minimum Gasteiger partial charge on any atom is -0.446 e. The summed E-state index contributed by atoms with van der Waals surface area (Å²) in [6.45, 7) is 2.07. The van der Waals surface area contributed by atoms with E-state index in [-0.39, 0.29) is 0 Å². The van der Waals surface area contributed by atoms with E-state index in [1.165, 1.54) is 0 Å². The number of benzene rings is 1. The molecule has 0 atom stereocenters. The molecule has 4 heteroatoms. The number of hydrogen-bond acceptors (Lipinski definition) is 3. The van der Waals surface area contributed by atoms with Gasteiger partial charge in [-0.1, -0.05) is 19.1 Å². The van der Waals surface area contributed by atoms with Gasteiger partial charge >= 0.3 is 0 Å². The van der Waals surface area contributed by atoms with Gasteiger partial charge in [-0.3, -0.25) is 4.90 Å². The van der Waals surface area contributed by atoms with E-state index in [0.29, 0.717) is 0 Å². The summed E-state index contributed by atoms with van der Waals surface area (Å²) in [5, 5.41) is 1.06. The third-order valence-electron chi connectivity index (χ3n) is 3.06. The Hall–Kier alpha value is -1.94. The van der Waals surface area contributed by atoms with E-state index in [1.54, 1.807) is 0 Å². The molecule has 0 saturated heterocycles. The first-order valence-electron chi connectivity index (χ1n) is 6.19. The van der Waals surface area contributed by atoms with Gasteiger partial charge in [0.25, 0.3) is 5.82 Å². The van der Waals surface area contributed by atoms with Crippen LogP contribution in [0.4, 0.5) is 5.82 Å². The van der Waals surface area contributed by atoms with Crippen LogP contribution in [0.2, 0.25) is 0 Å². The summed E-state index contributed by atoms with van der Waals surface area (Å²) < 4.78 is 5.90. The van der Waals surface area contributed by atoms with Crippen LogP contribution in [0, 0.1) is 0 Å². The average Bonchev–Trinajstić information content (AvgIpc) is 2.75. The van der Waals surface area contributed by atoms with Gasteiger partial charge in [-0.05, 0) is 12.1 Å². The summed E-state index contributed by atoms with van der Waals surface area (Å²) in [5.74, 6) is 1.79. The number of para-hydroxylation sites is 1. The van der Waals surface area contributed by atoms with Crippen LogP contribution >= 0.6 is 0 Å². The SMILES string of the molecule is CCc1nc([NH+](C)C)c2oc3ccccc3c2n1. The van der Waals surface area contributed by atoms with Crippen LogP contribution in [-0.4, -0.2) is 24.1 Å². The van der Waals surface area contributed by atoms with Crippen molar-refractivity contribution >= 4 is 27.9 Å². The van der Waals surface area contributed by atoms with E-state index in [0.717, 1.165) is 45.0 Å². The number of aromatic nitrogens is 2. The molecule has 0 fully saturated rings. The molecule has 2 heterocycles. The summed E-state index contributed by atoms with van der Waals surface area (Å²) in [6.07, 6.45) is 0.829. The molecule has 0 aliphatic rings. The first-order chi connectivity index (χ1) is 8.70. The molecule has 0 spiro atoms. The third kappa shape index (κ3) is 1.57. The number of fused-ring (bicyclic) bond motifs is 3. The molecule has 2 aromatic heterocycles. The normalized spacial score (nSPS) is 11.8. The van der Waals surface area contributed by atoms with E-state index in [4.69, 9.17) is 4.42 Å². The highest BCUT2D eigenvalue weighted by Crippen LogP contribution is 2.29. The second-order valence-corrected chi connectivity index (χ2v) is 4.62. The molecule has 3 aromatic rings. The molecule has 0 bridgehead atoms. The zero-order chi connectivity index (χ0) is 12.7. The van der Waals surface area contributed by atoms with Gasteiger partial charge in [0.05, 0.1) is 14.1 Å². The van der Waals surface area contributed by atoms with Gasteiger partial charge in [0.1, 0.15) is 16.9 Å². The zero-order valence-corrected chi connectivity index (χ0v) is 10.8. The molecule has 1 N–H and O–H groups in total. The van der Waals surface area contributed by atoms with Crippen molar-refractivity contribution in [1.82, 2.24) is 9.97 Å². The minimum atomic E-state index is 0.799. The van der Waals surface area contributed by atoms with Gasteiger partial charge in [0.2, 0.25) is 5.58 Å². The molecule has 0 radical (unpaired) electrons. The number of nitrogens with zero attached hydrogens (tertiary/aromatic N) is 2. The maximum Gasteiger partial charge on any atom is 0.273 e. The fraction of sp³-hybridized carbons (Fsp3) is 0.286. The highest BCUT2D eigenvalue weighted by Gasteiger charge is 2.19. The Morgan fingerprint density at radius 1 is 1.17 bits per heavy atom. The van der Waals surface area contributed by atoms with Gasteiger partial charge in [0.15, 0.2) is 0 Å². The Balaban J connectivity index is 2.46. The Morgan fingerprint density at radius 3 is 2.67 bits per heavy atom. The van der Waals surface area contributed by atoms with Crippen LogP contribution in [0.3, 0.4) is 0 Å². The van der Waals surface area contributed by atoms with E-state index in [2.05, 4.69) is 31.0 Å². The van der Waals surface area contributed by atoms with Gasteiger partial charge < -0.3 is 4.42 Å². The first-order valence-corrected chi connectivity index (χ1v) is 6.19. The Kier molecular flexibility index (Phi) is 2.52. The number of quaternary nitrogens is 1. The van der Waals surface area contributed by atoms with Crippen molar-refractivity contribution in [1.29, 1.82) is 0 Å². The lowest BCUT2D eigenvalue weighted by Crippen LogP contribution is -3.00. The van der Waals surface area contributed by atoms with Crippen LogP contribution in [-0.2, 0) is 6.42 Å². The molecular formula is C14H16N3O+. The number of furan rings is 1. The van der Waals surface area contributed by atoms with Crippen molar-refractivity contribution < 1.29 is 9.32 Å². The molecule has 18 heavy (non-hydrogen) atoms. The summed E-state index contributed by atoms with van der Waals surface area (Å²) in [5.41, 5.74) is 2.60. The van der Waals surface area contributed by atoms with Crippen molar-refractivity contribution in [3.63, 3.8) is 0 Å². The Bertz CT molecular complexity index is 715. The second-order valence-electron chi connectivity index (χ2n) is 4.62. The van der Waals surface area contributed by atoms with E-state index in [9.17, 15) is 0 Å². The van der Waals surface area contributed by atoms with Crippen LogP contribution in [0.15, 0.2) is 28.7 Å². The van der Waals surface area contributed by atoms with E-state index < -0.39 is 0 Å². The Labute approximate surface area is 105 Å². The molecular weight excluding hydrogens is 226 g/mol. The summed E-state index contributed by atoms with van der Waals surface area (Å²) in [6, 6.07) is 7.99. The largest absolute Gasteiger partial charge is 0.446 e. The molecule has 0 aliphatic heterocycles. The summed E-state index contributed by atoms with van der Waals surface area (Å²) in [7, 11) is 4.10. The second kappa shape index (κ2) is 4.07. The van der Waals surface area contributed by atoms with Crippen molar-refractivity contribution in [3.8, 4) is 0 Å². The highest BCUT2D eigenvalue weighted by molar-refractivity contribution is 6.04. The fourth-order valence-electron chi connectivity index (χ4n) is 2.13. The number of aryl methyl sites for hydroxylation is 1. The molecule has 4 nitrogen and oxygen atoms in total. The Morgan fingerprint density at radius 2 is 1.94 bits per heavy atom. The molecule has 0 amide bonds. The van der Waals surface area contributed by atoms with E-state index >= 15 is 0 Å². The van der Waals surface area contributed by atoms with Crippen LogP contribution in [0.25, 0.3) is 22.1 Å². The maximum atomic E-state index is 5.90. The molecule has 0 aliphatic carbocycles. The smallest absolute Gasteiger partial charge is 0.273 e. The molecule has 0 saturated carbocycles. The maximum absolute atomic E-state index is 5.90. The lowest BCUT2D eigenvalue weighted by molar-refractivity contribution is -0.788. The number of nitrogens with one attached hydrogen (secondary N) is 1. The molecule has 3 rings (SSSR count). The monoisotopic (exact) mass is 242 g/mol. The van der Waals surface area contributed by atoms with Crippen molar-refractivity contribution in [2.75, 3.05) is 14.1 Å².